The van der Waals surface area contributed by atoms with Crippen LogP contribution in [0.25, 0.3) is 0 Å². The zero-order chi connectivity index (χ0) is 9.23. The lowest BCUT2D eigenvalue weighted by Crippen LogP contribution is -2.26. The number of unbranched alkanes of at least 4 members (excludes halogenated alkanes) is 2. The van der Waals surface area contributed by atoms with E-state index in [1.54, 1.807) is 0 Å². The molecule has 12 heavy (non-hydrogen) atoms. The average Bonchev–Trinajstić information content (AvgIpc) is 2.05. The molecule has 1 atom stereocenters. The molecule has 0 aliphatic heterocycles. The summed E-state index contributed by atoms with van der Waals surface area (Å²) in [6.07, 6.45) is 6.27. The van der Waals surface area contributed by atoms with E-state index in [4.69, 9.17) is 5.73 Å². The third-order valence-electron chi connectivity index (χ3n) is 2.10. The third-order valence-corrected chi connectivity index (χ3v) is 2.10. The van der Waals surface area contributed by atoms with Crippen LogP contribution in [0, 0.1) is 0 Å². The van der Waals surface area contributed by atoms with Crippen LogP contribution in [-0.4, -0.2) is 19.1 Å². The number of hydrogen-bond donors (Lipinski definition) is 2. The Balaban J connectivity index is 2.97. The molecule has 3 N–H and O–H groups in total. The SMILES string of the molecule is CCCC(C)NCCCCCN. The largest absolute Gasteiger partial charge is 0.330 e. The summed E-state index contributed by atoms with van der Waals surface area (Å²) in [5, 5.41) is 3.50. The van der Waals surface area contributed by atoms with Gasteiger partial charge in [0.15, 0.2) is 0 Å². The van der Waals surface area contributed by atoms with Gasteiger partial charge in [0.05, 0.1) is 0 Å². The molecule has 0 saturated carbocycles. The fourth-order valence-corrected chi connectivity index (χ4v) is 1.33. The van der Waals surface area contributed by atoms with E-state index < -0.39 is 0 Å². The van der Waals surface area contributed by atoms with Crippen LogP contribution in [0.1, 0.15) is 46.0 Å². The number of nitrogens with two attached hydrogens (primary N) is 1. The highest BCUT2D eigenvalue weighted by Crippen LogP contribution is 1.96. The van der Waals surface area contributed by atoms with E-state index in [1.807, 2.05) is 0 Å². The van der Waals surface area contributed by atoms with Gasteiger partial charge in [0, 0.05) is 6.04 Å². The zero-order valence-electron chi connectivity index (χ0n) is 8.60. The van der Waals surface area contributed by atoms with Crippen molar-refractivity contribution in [3.8, 4) is 0 Å². The second-order valence-electron chi connectivity index (χ2n) is 3.49. The van der Waals surface area contributed by atoms with Gasteiger partial charge in [-0.3, -0.25) is 0 Å². The summed E-state index contributed by atoms with van der Waals surface area (Å²) < 4.78 is 0. The van der Waals surface area contributed by atoms with Crippen LogP contribution in [0.5, 0.6) is 0 Å². The molecule has 0 aromatic rings. The molecule has 0 aromatic carbocycles. The Morgan fingerprint density at radius 3 is 2.58 bits per heavy atom. The van der Waals surface area contributed by atoms with Gasteiger partial charge >= 0.3 is 0 Å². The molecule has 0 aliphatic carbocycles. The summed E-state index contributed by atoms with van der Waals surface area (Å²) in [6.45, 7) is 6.48. The fourth-order valence-electron chi connectivity index (χ4n) is 1.33. The smallest absolute Gasteiger partial charge is 0.00386 e. The Kier molecular flexibility index (Phi) is 8.95. The Morgan fingerprint density at radius 1 is 1.25 bits per heavy atom. The molecule has 0 spiro atoms. The highest BCUT2D eigenvalue weighted by atomic mass is 14.9. The van der Waals surface area contributed by atoms with Gasteiger partial charge in [-0.25, -0.2) is 0 Å². The van der Waals surface area contributed by atoms with Crippen molar-refractivity contribution in [1.29, 1.82) is 0 Å². The highest BCUT2D eigenvalue weighted by Gasteiger charge is 1.97. The van der Waals surface area contributed by atoms with E-state index in [9.17, 15) is 0 Å². The predicted molar refractivity (Wildman–Crippen MR) is 55.3 cm³/mol. The van der Waals surface area contributed by atoms with E-state index in [-0.39, 0.29) is 0 Å². The van der Waals surface area contributed by atoms with Crippen molar-refractivity contribution in [3.05, 3.63) is 0 Å². The second-order valence-corrected chi connectivity index (χ2v) is 3.49. The van der Waals surface area contributed by atoms with Crippen LogP contribution in [0.3, 0.4) is 0 Å². The van der Waals surface area contributed by atoms with Crippen LogP contribution in [-0.2, 0) is 0 Å². The standard InChI is InChI=1S/C10H24N2/c1-3-7-10(2)12-9-6-4-5-8-11/h10,12H,3-9,11H2,1-2H3. The molecule has 0 aromatic heterocycles. The van der Waals surface area contributed by atoms with Gasteiger partial charge in [-0.05, 0) is 39.3 Å². The highest BCUT2D eigenvalue weighted by molar-refractivity contribution is 4.59. The minimum atomic E-state index is 0.688. The average molecular weight is 172 g/mol. The molecule has 0 rings (SSSR count). The topological polar surface area (TPSA) is 38.0 Å². The zero-order valence-corrected chi connectivity index (χ0v) is 8.60. The molecule has 0 fully saturated rings. The third kappa shape index (κ3) is 8.02. The minimum absolute atomic E-state index is 0.688. The van der Waals surface area contributed by atoms with E-state index in [2.05, 4.69) is 19.2 Å². The van der Waals surface area contributed by atoms with Crippen LogP contribution in [0.2, 0.25) is 0 Å². The first-order chi connectivity index (χ1) is 5.81. The van der Waals surface area contributed by atoms with Gasteiger partial charge in [0.1, 0.15) is 0 Å². The van der Waals surface area contributed by atoms with Crippen LogP contribution in [0.4, 0.5) is 0 Å². The Bertz CT molecular complexity index is 83.9. The molecule has 0 heterocycles. The molecule has 0 bridgehead atoms. The monoisotopic (exact) mass is 172 g/mol. The Hall–Kier alpha value is -0.0800. The number of rotatable bonds is 8. The predicted octanol–water partition coefficient (Wildman–Crippen LogP) is 1.89. The first-order valence-corrected chi connectivity index (χ1v) is 5.24. The first-order valence-electron chi connectivity index (χ1n) is 5.24. The molecular formula is C10H24N2. The van der Waals surface area contributed by atoms with Crippen LogP contribution in [0.15, 0.2) is 0 Å². The van der Waals surface area contributed by atoms with E-state index in [0.29, 0.717) is 6.04 Å². The molecule has 0 radical (unpaired) electrons. The molecule has 0 aliphatic rings. The fraction of sp³-hybridized carbons (Fsp3) is 1.00. The normalized spacial score (nSPS) is 13.2. The van der Waals surface area contributed by atoms with E-state index >= 15 is 0 Å². The Morgan fingerprint density at radius 2 is 2.00 bits per heavy atom. The first kappa shape index (κ1) is 11.9. The quantitative estimate of drug-likeness (QED) is 0.549. The van der Waals surface area contributed by atoms with Gasteiger partial charge in [-0.1, -0.05) is 19.8 Å². The van der Waals surface area contributed by atoms with Gasteiger partial charge < -0.3 is 11.1 Å². The summed E-state index contributed by atoms with van der Waals surface area (Å²) in [5.74, 6) is 0. The molecule has 0 amide bonds. The molecule has 2 nitrogen and oxygen atoms in total. The van der Waals surface area contributed by atoms with E-state index in [1.165, 1.54) is 32.1 Å². The summed E-state index contributed by atoms with van der Waals surface area (Å²) in [5.41, 5.74) is 5.40. The lowest BCUT2D eigenvalue weighted by atomic mass is 10.2. The lowest BCUT2D eigenvalue weighted by Gasteiger charge is -2.11. The second kappa shape index (κ2) is 9.01. The van der Waals surface area contributed by atoms with Crippen molar-refractivity contribution in [1.82, 2.24) is 5.32 Å². The van der Waals surface area contributed by atoms with Gasteiger partial charge in [0.25, 0.3) is 0 Å². The summed E-state index contributed by atoms with van der Waals surface area (Å²) in [4.78, 5) is 0. The molecule has 1 unspecified atom stereocenters. The van der Waals surface area contributed by atoms with Crippen LogP contribution < -0.4 is 11.1 Å². The number of nitrogens with one attached hydrogen (secondary N) is 1. The van der Waals surface area contributed by atoms with Crippen molar-refractivity contribution in [2.24, 2.45) is 5.73 Å². The lowest BCUT2D eigenvalue weighted by molar-refractivity contribution is 0.492. The van der Waals surface area contributed by atoms with Gasteiger partial charge in [-0.2, -0.15) is 0 Å². The maximum absolute atomic E-state index is 5.40. The van der Waals surface area contributed by atoms with Crippen molar-refractivity contribution < 1.29 is 0 Å². The number of hydrogen-bond acceptors (Lipinski definition) is 2. The maximum atomic E-state index is 5.40. The van der Waals surface area contributed by atoms with Crippen molar-refractivity contribution in [2.45, 2.75) is 52.0 Å². The van der Waals surface area contributed by atoms with Gasteiger partial charge in [-0.15, -0.1) is 0 Å². The van der Waals surface area contributed by atoms with Crippen molar-refractivity contribution in [3.63, 3.8) is 0 Å². The summed E-state index contributed by atoms with van der Waals surface area (Å²) in [6, 6.07) is 0.688. The molecule has 2 heteroatoms. The molecule has 74 valence electrons. The van der Waals surface area contributed by atoms with Crippen molar-refractivity contribution in [2.75, 3.05) is 13.1 Å². The van der Waals surface area contributed by atoms with Gasteiger partial charge in [0.2, 0.25) is 0 Å². The van der Waals surface area contributed by atoms with Crippen molar-refractivity contribution >= 4 is 0 Å². The maximum Gasteiger partial charge on any atom is 0.00386 e. The summed E-state index contributed by atoms with van der Waals surface area (Å²) in [7, 11) is 0. The molecular weight excluding hydrogens is 148 g/mol. The minimum Gasteiger partial charge on any atom is -0.330 e. The molecule has 0 saturated heterocycles. The van der Waals surface area contributed by atoms with Crippen LogP contribution >= 0.6 is 0 Å². The summed E-state index contributed by atoms with van der Waals surface area (Å²) >= 11 is 0. The van der Waals surface area contributed by atoms with E-state index in [0.717, 1.165) is 13.1 Å². The Labute approximate surface area is 76.9 Å².